The van der Waals surface area contributed by atoms with Crippen molar-refractivity contribution in [1.82, 2.24) is 5.32 Å². The second-order valence-electron chi connectivity index (χ2n) is 23.9. The maximum absolute atomic E-state index is 13.1. The Kier molecular flexibility index (Phi) is 43.0. The van der Waals surface area contributed by atoms with Gasteiger partial charge in [0.1, 0.15) is 73.2 Å². The fourth-order valence-corrected chi connectivity index (χ4v) is 11.3. The van der Waals surface area contributed by atoms with Crippen molar-refractivity contribution in [2.75, 3.05) is 26.4 Å². The molecule has 17 unspecified atom stereocenters. The molecule has 0 aromatic carbocycles. The number of carbonyl (C=O) groups is 1. The van der Waals surface area contributed by atoms with E-state index < -0.39 is 124 Å². The molecule has 19 nitrogen and oxygen atoms in total. The van der Waals surface area contributed by atoms with E-state index >= 15 is 0 Å². The van der Waals surface area contributed by atoms with Crippen LogP contribution in [-0.2, 0) is 33.2 Å². The number of nitrogens with one attached hydrogen (secondary N) is 1. The number of carbonyl (C=O) groups excluding carboxylic acids is 1. The van der Waals surface area contributed by atoms with Crippen molar-refractivity contribution in [1.29, 1.82) is 0 Å². The molecule has 12 N–H and O–H groups in total. The van der Waals surface area contributed by atoms with Gasteiger partial charge < -0.3 is 89.9 Å². The molecule has 17 atom stereocenters. The van der Waals surface area contributed by atoms with Crippen molar-refractivity contribution in [3.8, 4) is 0 Å². The summed E-state index contributed by atoms with van der Waals surface area (Å²) < 4.78 is 34.1. The Balaban J connectivity index is 1.34. The Hall–Kier alpha value is -1.73. The molecule has 1 amide bonds. The smallest absolute Gasteiger partial charge is 0.220 e. The van der Waals surface area contributed by atoms with Crippen molar-refractivity contribution < 1.29 is 89.4 Å². The van der Waals surface area contributed by atoms with Gasteiger partial charge in [-0.2, -0.15) is 0 Å². The highest BCUT2D eigenvalue weighted by molar-refractivity contribution is 5.76. The predicted octanol–water partition coefficient (Wildman–Crippen LogP) is 7.49. The first kappa shape index (κ1) is 75.5. The van der Waals surface area contributed by atoms with Crippen LogP contribution in [0.15, 0.2) is 24.3 Å². The van der Waals surface area contributed by atoms with Crippen LogP contribution in [0.3, 0.4) is 0 Å². The number of hydrogen-bond acceptors (Lipinski definition) is 18. The third kappa shape index (κ3) is 30.4. The molecular formula is C64H119NO18. The minimum absolute atomic E-state index is 0.234. The van der Waals surface area contributed by atoms with Crippen LogP contribution in [0.5, 0.6) is 0 Å². The third-order valence-corrected chi connectivity index (χ3v) is 16.8. The second kappa shape index (κ2) is 47.3. The third-order valence-electron chi connectivity index (χ3n) is 16.8. The number of rotatable bonds is 50. The van der Waals surface area contributed by atoms with Crippen LogP contribution in [0.1, 0.15) is 245 Å². The fourth-order valence-electron chi connectivity index (χ4n) is 11.3. The highest BCUT2D eigenvalue weighted by Crippen LogP contribution is 2.33. The molecule has 19 heteroatoms. The molecule has 3 aliphatic rings. The molecule has 0 saturated carbocycles. The second-order valence-corrected chi connectivity index (χ2v) is 23.9. The predicted molar refractivity (Wildman–Crippen MR) is 319 cm³/mol. The summed E-state index contributed by atoms with van der Waals surface area (Å²) in [5.74, 6) is -0.294. The van der Waals surface area contributed by atoms with Gasteiger partial charge in [0.25, 0.3) is 0 Å². The van der Waals surface area contributed by atoms with E-state index in [1.807, 2.05) is 6.08 Å². The summed E-state index contributed by atoms with van der Waals surface area (Å²) in [6, 6.07) is -0.983. The van der Waals surface area contributed by atoms with Crippen molar-refractivity contribution >= 4 is 5.91 Å². The molecule has 3 saturated heterocycles. The monoisotopic (exact) mass is 1190 g/mol. The molecule has 3 heterocycles. The van der Waals surface area contributed by atoms with Crippen LogP contribution >= 0.6 is 0 Å². The van der Waals surface area contributed by atoms with Gasteiger partial charge in [0.2, 0.25) is 5.91 Å². The number of allylic oxidation sites excluding steroid dienone is 3. The van der Waals surface area contributed by atoms with Gasteiger partial charge in [0, 0.05) is 6.42 Å². The fraction of sp³-hybridized carbons (Fsp3) is 0.922. The van der Waals surface area contributed by atoms with Crippen molar-refractivity contribution in [2.24, 2.45) is 0 Å². The zero-order chi connectivity index (χ0) is 60.5. The van der Waals surface area contributed by atoms with Gasteiger partial charge in [-0.3, -0.25) is 4.79 Å². The van der Waals surface area contributed by atoms with E-state index in [0.717, 1.165) is 51.4 Å². The molecule has 0 aromatic rings. The number of ether oxygens (including phenoxy) is 6. The Bertz CT molecular complexity index is 1610. The van der Waals surface area contributed by atoms with Crippen molar-refractivity contribution in [3.63, 3.8) is 0 Å². The molecule has 0 bridgehead atoms. The van der Waals surface area contributed by atoms with Gasteiger partial charge in [-0.1, -0.05) is 231 Å². The van der Waals surface area contributed by atoms with E-state index in [2.05, 4.69) is 31.3 Å². The molecule has 83 heavy (non-hydrogen) atoms. The van der Waals surface area contributed by atoms with E-state index in [9.17, 15) is 61.0 Å². The van der Waals surface area contributed by atoms with E-state index in [-0.39, 0.29) is 18.9 Å². The van der Waals surface area contributed by atoms with Crippen LogP contribution in [0.25, 0.3) is 0 Å². The van der Waals surface area contributed by atoms with Crippen LogP contribution in [0.4, 0.5) is 0 Å². The molecule has 3 rings (SSSR count). The zero-order valence-electron chi connectivity index (χ0n) is 51.2. The average Bonchev–Trinajstić information content (AvgIpc) is 3.25. The van der Waals surface area contributed by atoms with Gasteiger partial charge in [-0.25, -0.2) is 0 Å². The van der Waals surface area contributed by atoms with Crippen LogP contribution in [-0.4, -0.2) is 193 Å². The first-order chi connectivity index (χ1) is 40.3. The Morgan fingerprint density at radius 2 is 0.771 bits per heavy atom. The first-order valence-corrected chi connectivity index (χ1v) is 33.1. The number of unbranched alkanes of at least 4 members (excludes halogenated alkanes) is 32. The highest BCUT2D eigenvalue weighted by Gasteiger charge is 2.53. The lowest BCUT2D eigenvalue weighted by molar-refractivity contribution is -0.379. The lowest BCUT2D eigenvalue weighted by Gasteiger charge is -2.48. The molecule has 0 spiro atoms. The lowest BCUT2D eigenvalue weighted by atomic mass is 9.96. The van der Waals surface area contributed by atoms with Gasteiger partial charge in [0.15, 0.2) is 18.9 Å². The van der Waals surface area contributed by atoms with Crippen LogP contribution < -0.4 is 5.32 Å². The van der Waals surface area contributed by atoms with E-state index in [0.29, 0.717) is 12.8 Å². The number of aliphatic hydroxyl groups excluding tert-OH is 11. The summed E-state index contributed by atoms with van der Waals surface area (Å²) >= 11 is 0. The Labute approximate surface area is 498 Å². The Morgan fingerprint density at radius 3 is 1.20 bits per heavy atom. The molecule has 0 radical (unpaired) electrons. The highest BCUT2D eigenvalue weighted by atomic mass is 16.8. The Morgan fingerprint density at radius 1 is 0.422 bits per heavy atom. The number of amides is 1. The van der Waals surface area contributed by atoms with E-state index in [1.165, 1.54) is 161 Å². The summed E-state index contributed by atoms with van der Waals surface area (Å²) in [4.78, 5) is 13.1. The number of hydrogen-bond donors (Lipinski definition) is 12. The van der Waals surface area contributed by atoms with E-state index in [4.69, 9.17) is 28.4 Å². The standard InChI is InChI=1S/C64H119NO18/c1-3-5-7-9-11-12-13-14-15-16-17-18-19-20-21-22-23-24-25-26-27-28-29-30-31-32-33-34-35-36-37-39-41-48(69)47(65-52(70)42-40-38-10-8-6-4-2)46-78-62-58(76)55(73)60(50(44-67)80-62)83-64-59(77)56(74)61(51(45-68)81-64)82-63-57(75)54(72)53(71)49(43-66)79-63/h34-35,39,41,47-51,53-64,66-69,71-77H,3-33,36-38,40,42-46H2,1-2H3,(H,65,70)/b35-34+,41-39+. The van der Waals surface area contributed by atoms with Gasteiger partial charge in [-0.05, 0) is 32.1 Å². The maximum Gasteiger partial charge on any atom is 0.220 e. The van der Waals surface area contributed by atoms with Crippen molar-refractivity contribution in [3.05, 3.63) is 24.3 Å². The van der Waals surface area contributed by atoms with Gasteiger partial charge in [-0.15, -0.1) is 0 Å². The van der Waals surface area contributed by atoms with Gasteiger partial charge >= 0.3 is 0 Å². The van der Waals surface area contributed by atoms with Crippen LogP contribution in [0, 0.1) is 0 Å². The topological polar surface area (TPSA) is 307 Å². The minimum atomic E-state index is -1.98. The van der Waals surface area contributed by atoms with Gasteiger partial charge in [0.05, 0.1) is 38.6 Å². The quantitative estimate of drug-likeness (QED) is 0.0207. The molecule has 0 aliphatic carbocycles. The maximum atomic E-state index is 13.1. The summed E-state index contributed by atoms with van der Waals surface area (Å²) in [7, 11) is 0. The average molecular weight is 1190 g/mol. The summed E-state index contributed by atoms with van der Waals surface area (Å²) in [6.07, 6.45) is 25.4. The largest absolute Gasteiger partial charge is 0.394 e. The first-order valence-electron chi connectivity index (χ1n) is 33.1. The SMILES string of the molecule is CCCCCCCCCCCCCCCCCCCCCCCCCCCC/C=C/CC/C=C/C(O)C(COC1OC(CO)C(OC2OC(CO)C(OC3OC(CO)C(O)C(O)C3O)C(O)C2O)C(O)C1O)NC(=O)CCCCCCCC. The summed E-state index contributed by atoms with van der Waals surface area (Å²) in [5.41, 5.74) is 0. The zero-order valence-corrected chi connectivity index (χ0v) is 51.2. The normalized spacial score (nSPS) is 29.5. The molecular weight excluding hydrogens is 1070 g/mol. The van der Waals surface area contributed by atoms with Crippen LogP contribution in [0.2, 0.25) is 0 Å². The molecule has 3 aliphatic heterocycles. The molecule has 488 valence electrons. The molecule has 0 aromatic heterocycles. The van der Waals surface area contributed by atoms with Crippen molar-refractivity contribution in [2.45, 2.75) is 349 Å². The summed E-state index contributed by atoms with van der Waals surface area (Å²) in [6.45, 7) is 1.64. The number of aliphatic hydroxyl groups is 11. The summed E-state index contributed by atoms with van der Waals surface area (Å²) in [5, 5.41) is 120. The lowest BCUT2D eigenvalue weighted by Crippen LogP contribution is -2.66. The molecule has 3 fully saturated rings. The van der Waals surface area contributed by atoms with E-state index in [1.54, 1.807) is 6.08 Å². The minimum Gasteiger partial charge on any atom is -0.394 e.